The molecular formula is C20H23ClN4O2S. The van der Waals surface area contributed by atoms with Gasteiger partial charge in [-0.2, -0.15) is 5.26 Å². The van der Waals surface area contributed by atoms with Crippen molar-refractivity contribution in [1.82, 2.24) is 14.9 Å². The van der Waals surface area contributed by atoms with Crippen LogP contribution in [-0.4, -0.2) is 26.8 Å². The van der Waals surface area contributed by atoms with E-state index in [-0.39, 0.29) is 29.1 Å². The molecule has 1 saturated carbocycles. The number of nitrogens with one attached hydrogen (secondary N) is 1. The lowest BCUT2D eigenvalue weighted by atomic mass is 9.98. The molecule has 1 heterocycles. The van der Waals surface area contributed by atoms with Crippen molar-refractivity contribution in [3.8, 4) is 6.07 Å². The van der Waals surface area contributed by atoms with Crippen LogP contribution in [0.1, 0.15) is 33.6 Å². The number of halogens is 1. The molecule has 0 aliphatic heterocycles. The molecule has 1 aromatic carbocycles. The van der Waals surface area contributed by atoms with Gasteiger partial charge in [0.05, 0.1) is 22.7 Å². The van der Waals surface area contributed by atoms with Crippen LogP contribution in [0, 0.1) is 23.2 Å². The zero-order valence-corrected chi connectivity index (χ0v) is 17.7. The van der Waals surface area contributed by atoms with Crippen LogP contribution in [0.4, 0.5) is 0 Å². The van der Waals surface area contributed by atoms with Gasteiger partial charge in [-0.1, -0.05) is 37.2 Å². The van der Waals surface area contributed by atoms with Gasteiger partial charge in [-0.15, -0.1) is 0 Å². The van der Waals surface area contributed by atoms with Gasteiger partial charge in [0.25, 0.3) is 5.56 Å². The number of rotatable bonds is 7. The molecule has 1 amide bonds. The molecular weight excluding hydrogens is 396 g/mol. The number of amides is 1. The molecule has 1 N–H and O–H groups in total. The van der Waals surface area contributed by atoms with E-state index in [0.29, 0.717) is 27.6 Å². The Kier molecular flexibility index (Phi) is 6.01. The Hall–Kier alpha value is -2.04. The number of nitrogens with zero attached hydrogens (tertiary/aromatic N) is 3. The van der Waals surface area contributed by atoms with Crippen LogP contribution < -0.4 is 10.9 Å². The first-order chi connectivity index (χ1) is 13.2. The summed E-state index contributed by atoms with van der Waals surface area (Å²) in [6.07, 6.45) is 1.92. The van der Waals surface area contributed by atoms with Crippen molar-refractivity contribution >= 4 is 40.2 Å². The van der Waals surface area contributed by atoms with Crippen molar-refractivity contribution < 1.29 is 4.79 Å². The van der Waals surface area contributed by atoms with E-state index in [2.05, 4.69) is 16.4 Å². The lowest BCUT2D eigenvalue weighted by molar-refractivity contribution is -0.119. The third-order valence-corrected chi connectivity index (χ3v) is 6.00. The summed E-state index contributed by atoms with van der Waals surface area (Å²) < 4.78 is 1.60. The minimum absolute atomic E-state index is 0.0909. The van der Waals surface area contributed by atoms with Gasteiger partial charge in [-0.3, -0.25) is 14.2 Å². The lowest BCUT2D eigenvalue weighted by Crippen LogP contribution is -2.47. The maximum atomic E-state index is 13.0. The molecule has 6 nitrogen and oxygen atoms in total. The van der Waals surface area contributed by atoms with Gasteiger partial charge in [0, 0.05) is 11.6 Å². The van der Waals surface area contributed by atoms with Crippen LogP contribution in [0.3, 0.4) is 0 Å². The van der Waals surface area contributed by atoms with E-state index in [4.69, 9.17) is 11.6 Å². The van der Waals surface area contributed by atoms with E-state index in [9.17, 15) is 14.9 Å². The number of nitriles is 1. The van der Waals surface area contributed by atoms with Crippen molar-refractivity contribution in [2.45, 2.75) is 50.9 Å². The number of benzene rings is 1. The molecule has 0 bridgehead atoms. The van der Waals surface area contributed by atoms with Gasteiger partial charge in [-0.25, -0.2) is 4.98 Å². The van der Waals surface area contributed by atoms with Crippen molar-refractivity contribution in [2.75, 3.05) is 5.75 Å². The third-order valence-electron chi connectivity index (χ3n) is 4.79. The summed E-state index contributed by atoms with van der Waals surface area (Å²) >= 11 is 7.25. The molecule has 148 valence electrons. The fourth-order valence-electron chi connectivity index (χ4n) is 3.15. The van der Waals surface area contributed by atoms with Crippen LogP contribution in [0.15, 0.2) is 28.2 Å². The monoisotopic (exact) mass is 418 g/mol. The number of thioether (sulfide) groups is 1. The zero-order chi connectivity index (χ0) is 20.5. The number of aromatic nitrogens is 2. The molecule has 1 aromatic heterocycles. The normalized spacial score (nSPS) is 16.0. The van der Waals surface area contributed by atoms with Crippen molar-refractivity contribution in [3.05, 3.63) is 33.6 Å². The molecule has 1 fully saturated rings. The standard InChI is InChI=1S/C20H23ClN4O2S/c1-12(2)9-25-18(27)15-8-14(21)6-7-16(15)23-19(25)28-10-17(26)24-20(3,11-22)13-4-5-13/h6-8,12-13H,4-5,9-10H2,1-3H3,(H,24,26)/t20-/m1/s1. The summed E-state index contributed by atoms with van der Waals surface area (Å²) in [7, 11) is 0. The van der Waals surface area contributed by atoms with Crippen LogP contribution in [0.5, 0.6) is 0 Å². The van der Waals surface area contributed by atoms with E-state index >= 15 is 0 Å². The summed E-state index contributed by atoms with van der Waals surface area (Å²) in [4.78, 5) is 30.0. The molecule has 3 rings (SSSR count). The highest BCUT2D eigenvalue weighted by molar-refractivity contribution is 7.99. The molecule has 1 aliphatic rings. The minimum atomic E-state index is -0.831. The van der Waals surface area contributed by atoms with E-state index < -0.39 is 5.54 Å². The number of hydrogen-bond acceptors (Lipinski definition) is 5. The quantitative estimate of drug-likeness (QED) is 0.548. The highest BCUT2D eigenvalue weighted by Gasteiger charge is 2.42. The topological polar surface area (TPSA) is 87.8 Å². The average molecular weight is 419 g/mol. The third kappa shape index (κ3) is 4.50. The first-order valence-corrected chi connectivity index (χ1v) is 10.6. The number of fused-ring (bicyclic) bond motifs is 1. The second-order valence-electron chi connectivity index (χ2n) is 7.79. The molecule has 2 aromatic rings. The number of carbonyl (C=O) groups is 1. The van der Waals surface area contributed by atoms with Gasteiger partial charge >= 0.3 is 0 Å². The van der Waals surface area contributed by atoms with Gasteiger partial charge in [0.15, 0.2) is 5.16 Å². The Morgan fingerprint density at radius 1 is 1.50 bits per heavy atom. The Balaban J connectivity index is 1.85. The summed E-state index contributed by atoms with van der Waals surface area (Å²) in [5, 5.41) is 13.7. The zero-order valence-electron chi connectivity index (χ0n) is 16.2. The summed E-state index contributed by atoms with van der Waals surface area (Å²) in [6.45, 7) is 6.30. The fraction of sp³-hybridized carbons (Fsp3) is 0.500. The molecule has 0 saturated heterocycles. The second-order valence-corrected chi connectivity index (χ2v) is 9.17. The molecule has 0 unspecified atom stereocenters. The lowest BCUT2D eigenvalue weighted by Gasteiger charge is -2.22. The molecule has 8 heteroatoms. The first-order valence-electron chi connectivity index (χ1n) is 9.28. The number of carbonyl (C=O) groups excluding carboxylic acids is 1. The van der Waals surface area contributed by atoms with Gasteiger partial charge in [-0.05, 0) is 49.8 Å². The fourth-order valence-corrected chi connectivity index (χ4v) is 4.13. The summed E-state index contributed by atoms with van der Waals surface area (Å²) in [6, 6.07) is 7.25. The van der Waals surface area contributed by atoms with Crippen LogP contribution >= 0.6 is 23.4 Å². The number of hydrogen-bond donors (Lipinski definition) is 1. The highest BCUT2D eigenvalue weighted by Crippen LogP contribution is 2.39. The Morgan fingerprint density at radius 2 is 2.21 bits per heavy atom. The Labute approximate surface area is 173 Å². The van der Waals surface area contributed by atoms with Gasteiger partial charge < -0.3 is 5.32 Å². The van der Waals surface area contributed by atoms with Crippen LogP contribution in [0.25, 0.3) is 10.9 Å². The van der Waals surface area contributed by atoms with Gasteiger partial charge in [0.2, 0.25) is 5.91 Å². The SMILES string of the molecule is CC(C)Cn1c(SCC(=O)N[C@](C)(C#N)C2CC2)nc2ccc(Cl)cc2c1=O. The van der Waals surface area contributed by atoms with Gasteiger partial charge in [0.1, 0.15) is 5.54 Å². The van der Waals surface area contributed by atoms with E-state index in [1.165, 1.54) is 11.8 Å². The maximum Gasteiger partial charge on any atom is 0.262 e. The Morgan fingerprint density at radius 3 is 2.82 bits per heavy atom. The molecule has 28 heavy (non-hydrogen) atoms. The first kappa shape index (κ1) is 20.7. The highest BCUT2D eigenvalue weighted by atomic mass is 35.5. The average Bonchev–Trinajstić information content (AvgIpc) is 3.48. The van der Waals surface area contributed by atoms with E-state index in [1.807, 2.05) is 13.8 Å². The van der Waals surface area contributed by atoms with Crippen molar-refractivity contribution in [2.24, 2.45) is 11.8 Å². The molecule has 0 spiro atoms. The maximum absolute atomic E-state index is 13.0. The molecule has 0 radical (unpaired) electrons. The smallest absolute Gasteiger partial charge is 0.262 e. The predicted octanol–water partition coefficient (Wildman–Crippen LogP) is 3.61. The van der Waals surface area contributed by atoms with Crippen LogP contribution in [0.2, 0.25) is 5.02 Å². The van der Waals surface area contributed by atoms with Crippen molar-refractivity contribution in [1.29, 1.82) is 5.26 Å². The molecule has 1 aliphatic carbocycles. The Bertz CT molecular complexity index is 1010. The van der Waals surface area contributed by atoms with Crippen molar-refractivity contribution in [3.63, 3.8) is 0 Å². The largest absolute Gasteiger partial charge is 0.337 e. The predicted molar refractivity (Wildman–Crippen MR) is 111 cm³/mol. The van der Waals surface area contributed by atoms with E-state index in [0.717, 1.165) is 12.8 Å². The van der Waals surface area contributed by atoms with Crippen LogP contribution in [-0.2, 0) is 11.3 Å². The van der Waals surface area contributed by atoms with E-state index in [1.54, 1.807) is 29.7 Å². The second kappa shape index (κ2) is 8.14. The molecule has 1 atom stereocenters. The summed E-state index contributed by atoms with van der Waals surface area (Å²) in [5.74, 6) is 0.311. The summed E-state index contributed by atoms with van der Waals surface area (Å²) in [5.41, 5.74) is -0.441. The minimum Gasteiger partial charge on any atom is -0.337 e.